The van der Waals surface area contributed by atoms with Crippen molar-refractivity contribution in [2.75, 3.05) is 11.9 Å². The second-order valence-corrected chi connectivity index (χ2v) is 5.97. The number of nitrogens with one attached hydrogen (secondary N) is 1. The average Bonchev–Trinajstić information content (AvgIpc) is 3.20. The molecule has 1 aliphatic rings. The molecular formula is C14H13Cl3N2. The van der Waals surface area contributed by atoms with Gasteiger partial charge in [0.05, 0.1) is 20.6 Å². The van der Waals surface area contributed by atoms with Crippen molar-refractivity contribution in [1.82, 2.24) is 4.98 Å². The number of nitrogens with zero attached hydrogens (tertiary/aromatic N) is 1. The quantitative estimate of drug-likeness (QED) is 0.756. The monoisotopic (exact) mass is 314 g/mol. The van der Waals surface area contributed by atoms with Crippen molar-refractivity contribution in [3.05, 3.63) is 32.9 Å². The van der Waals surface area contributed by atoms with E-state index in [1.54, 1.807) is 6.07 Å². The first-order valence-electron chi connectivity index (χ1n) is 6.33. The van der Waals surface area contributed by atoms with E-state index in [4.69, 9.17) is 34.8 Å². The number of rotatable bonds is 3. The molecule has 2 nitrogen and oxygen atoms in total. The molecule has 0 unspecified atom stereocenters. The van der Waals surface area contributed by atoms with Crippen molar-refractivity contribution in [3.63, 3.8) is 0 Å². The third-order valence-corrected chi connectivity index (χ3v) is 4.39. The van der Waals surface area contributed by atoms with Gasteiger partial charge in [-0.25, -0.2) is 0 Å². The number of hydrogen-bond acceptors (Lipinski definition) is 2. The summed E-state index contributed by atoms with van der Waals surface area (Å²) in [7, 11) is 0. The van der Waals surface area contributed by atoms with Crippen LogP contribution in [0.25, 0.3) is 10.9 Å². The van der Waals surface area contributed by atoms with E-state index in [1.165, 1.54) is 12.8 Å². The fourth-order valence-electron chi connectivity index (χ4n) is 2.24. The molecule has 1 saturated carbocycles. The molecule has 3 rings (SSSR count). The Bertz CT molecular complexity index is 651. The minimum Gasteiger partial charge on any atom is -0.385 e. The van der Waals surface area contributed by atoms with Gasteiger partial charge in [-0.3, -0.25) is 4.98 Å². The Hall–Kier alpha value is -0.700. The van der Waals surface area contributed by atoms with Crippen LogP contribution in [-0.2, 0) is 0 Å². The van der Waals surface area contributed by atoms with Crippen LogP contribution in [0.5, 0.6) is 0 Å². The molecule has 0 amide bonds. The highest BCUT2D eigenvalue weighted by Crippen LogP contribution is 2.44. The molecule has 1 aliphatic carbocycles. The van der Waals surface area contributed by atoms with Crippen molar-refractivity contribution in [3.8, 4) is 0 Å². The number of halogens is 3. The van der Waals surface area contributed by atoms with Crippen LogP contribution in [0.2, 0.25) is 15.1 Å². The number of anilines is 1. The van der Waals surface area contributed by atoms with Gasteiger partial charge >= 0.3 is 0 Å². The first-order chi connectivity index (χ1) is 9.11. The third kappa shape index (κ3) is 2.37. The highest BCUT2D eigenvalue weighted by Gasteiger charge is 2.27. The van der Waals surface area contributed by atoms with E-state index in [0.717, 1.165) is 28.8 Å². The van der Waals surface area contributed by atoms with Crippen molar-refractivity contribution in [1.29, 1.82) is 0 Å². The number of aromatic nitrogens is 1. The van der Waals surface area contributed by atoms with Crippen LogP contribution in [0.15, 0.2) is 12.1 Å². The van der Waals surface area contributed by atoms with E-state index in [1.807, 2.05) is 6.92 Å². The molecule has 0 saturated heterocycles. The minimum absolute atomic E-state index is 0.458. The average molecular weight is 316 g/mol. The summed E-state index contributed by atoms with van der Waals surface area (Å²) < 4.78 is 0. The third-order valence-electron chi connectivity index (χ3n) is 3.31. The molecule has 1 aromatic carbocycles. The molecule has 1 fully saturated rings. The SMILES string of the molecule is CCNc1cc(C2CC2)nc2c(Cl)cc(Cl)c(Cl)c12. The van der Waals surface area contributed by atoms with Crippen LogP contribution in [0, 0.1) is 0 Å². The van der Waals surface area contributed by atoms with Crippen LogP contribution in [-0.4, -0.2) is 11.5 Å². The van der Waals surface area contributed by atoms with Gasteiger partial charge in [0.1, 0.15) is 0 Å². The maximum atomic E-state index is 6.32. The molecule has 0 spiro atoms. The molecule has 1 N–H and O–H groups in total. The van der Waals surface area contributed by atoms with Crippen molar-refractivity contribution in [2.24, 2.45) is 0 Å². The smallest absolute Gasteiger partial charge is 0.0928 e. The molecule has 5 heteroatoms. The summed E-state index contributed by atoms with van der Waals surface area (Å²) >= 11 is 18.7. The predicted molar refractivity (Wildman–Crippen MR) is 82.9 cm³/mol. The molecule has 100 valence electrons. The highest BCUT2D eigenvalue weighted by molar-refractivity contribution is 6.48. The summed E-state index contributed by atoms with van der Waals surface area (Å²) in [6, 6.07) is 3.73. The van der Waals surface area contributed by atoms with Crippen LogP contribution >= 0.6 is 34.8 Å². The molecular weight excluding hydrogens is 303 g/mol. The van der Waals surface area contributed by atoms with Crippen LogP contribution in [0.1, 0.15) is 31.4 Å². The first kappa shape index (κ1) is 13.3. The van der Waals surface area contributed by atoms with Crippen LogP contribution in [0.4, 0.5) is 5.69 Å². The normalized spacial score (nSPS) is 14.9. The summed E-state index contributed by atoms with van der Waals surface area (Å²) in [6.45, 7) is 2.85. The van der Waals surface area contributed by atoms with E-state index in [0.29, 0.717) is 21.0 Å². The van der Waals surface area contributed by atoms with Gasteiger partial charge in [-0.2, -0.15) is 0 Å². The van der Waals surface area contributed by atoms with Crippen molar-refractivity contribution in [2.45, 2.75) is 25.7 Å². The van der Waals surface area contributed by atoms with E-state index in [-0.39, 0.29) is 0 Å². The fraction of sp³-hybridized carbons (Fsp3) is 0.357. The zero-order valence-electron chi connectivity index (χ0n) is 10.4. The molecule has 0 atom stereocenters. The number of fused-ring (bicyclic) bond motifs is 1. The Morgan fingerprint density at radius 3 is 2.58 bits per heavy atom. The van der Waals surface area contributed by atoms with Gasteiger partial charge in [-0.1, -0.05) is 34.8 Å². The van der Waals surface area contributed by atoms with Gasteiger partial charge in [-0.05, 0) is 31.9 Å². The van der Waals surface area contributed by atoms with E-state index in [9.17, 15) is 0 Å². The van der Waals surface area contributed by atoms with Gasteiger partial charge in [0.15, 0.2) is 0 Å². The predicted octanol–water partition coefficient (Wildman–Crippen LogP) is 5.50. The van der Waals surface area contributed by atoms with Gasteiger partial charge in [0.2, 0.25) is 0 Å². The Morgan fingerprint density at radius 1 is 1.21 bits per heavy atom. The molecule has 0 aliphatic heterocycles. The second-order valence-electron chi connectivity index (χ2n) is 4.78. The summed E-state index contributed by atoms with van der Waals surface area (Å²) in [5, 5.41) is 5.65. The van der Waals surface area contributed by atoms with Gasteiger partial charge in [0.25, 0.3) is 0 Å². The van der Waals surface area contributed by atoms with E-state index >= 15 is 0 Å². The highest BCUT2D eigenvalue weighted by atomic mass is 35.5. The largest absolute Gasteiger partial charge is 0.385 e. The molecule has 19 heavy (non-hydrogen) atoms. The lowest BCUT2D eigenvalue weighted by atomic mass is 10.1. The molecule has 1 aromatic heterocycles. The Morgan fingerprint density at radius 2 is 1.95 bits per heavy atom. The fourth-order valence-corrected chi connectivity index (χ4v) is 2.99. The molecule has 2 aromatic rings. The lowest BCUT2D eigenvalue weighted by molar-refractivity contribution is 1.04. The lowest BCUT2D eigenvalue weighted by Gasteiger charge is -2.13. The van der Waals surface area contributed by atoms with Gasteiger partial charge in [-0.15, -0.1) is 0 Å². The van der Waals surface area contributed by atoms with E-state index < -0.39 is 0 Å². The summed E-state index contributed by atoms with van der Waals surface area (Å²) in [5.41, 5.74) is 2.78. The molecule has 0 radical (unpaired) electrons. The van der Waals surface area contributed by atoms with E-state index in [2.05, 4.69) is 16.4 Å². The lowest BCUT2D eigenvalue weighted by Crippen LogP contribution is -2.01. The molecule has 0 bridgehead atoms. The Balaban J connectivity index is 2.33. The maximum Gasteiger partial charge on any atom is 0.0928 e. The summed E-state index contributed by atoms with van der Waals surface area (Å²) in [5.74, 6) is 0.562. The summed E-state index contributed by atoms with van der Waals surface area (Å²) in [4.78, 5) is 4.67. The van der Waals surface area contributed by atoms with Gasteiger partial charge < -0.3 is 5.32 Å². The maximum absolute atomic E-state index is 6.32. The Kier molecular flexibility index (Phi) is 3.50. The zero-order chi connectivity index (χ0) is 13.6. The number of pyridine rings is 1. The van der Waals surface area contributed by atoms with Crippen LogP contribution < -0.4 is 5.32 Å². The second kappa shape index (κ2) is 5.01. The number of hydrogen-bond donors (Lipinski definition) is 1. The standard InChI is InChI=1S/C14H13Cl3N2/c1-2-18-11-6-10(7-3-4-7)19-14-9(16)5-8(15)13(17)12(11)14/h5-7H,2-4H2,1H3,(H,18,19). The minimum atomic E-state index is 0.458. The first-order valence-corrected chi connectivity index (χ1v) is 7.47. The number of benzene rings is 1. The van der Waals surface area contributed by atoms with Gasteiger partial charge in [0, 0.05) is 29.2 Å². The van der Waals surface area contributed by atoms with Crippen LogP contribution in [0.3, 0.4) is 0 Å². The molecule has 1 heterocycles. The van der Waals surface area contributed by atoms with Crippen molar-refractivity contribution < 1.29 is 0 Å². The topological polar surface area (TPSA) is 24.9 Å². The zero-order valence-corrected chi connectivity index (χ0v) is 12.7. The Labute approximate surface area is 127 Å². The van der Waals surface area contributed by atoms with Crippen molar-refractivity contribution >= 4 is 51.4 Å². The summed E-state index contributed by atoms with van der Waals surface area (Å²) in [6.07, 6.45) is 2.39.